The summed E-state index contributed by atoms with van der Waals surface area (Å²) in [4.78, 5) is 24.4. The average Bonchev–Trinajstić information content (AvgIpc) is 3.17. The Morgan fingerprint density at radius 2 is 1.77 bits per heavy atom. The third kappa shape index (κ3) is 4.20. The van der Waals surface area contributed by atoms with Gasteiger partial charge < -0.3 is 10.1 Å². The van der Waals surface area contributed by atoms with Crippen LogP contribution >= 0.6 is 0 Å². The molecule has 0 spiro atoms. The molecule has 1 aromatic heterocycles. The number of fused-ring (bicyclic) bond motifs is 1. The number of hydrogen-bond acceptors (Lipinski definition) is 5. The van der Waals surface area contributed by atoms with Crippen LogP contribution in [-0.2, 0) is 11.3 Å². The van der Waals surface area contributed by atoms with E-state index in [0.29, 0.717) is 30.0 Å². The van der Waals surface area contributed by atoms with Crippen LogP contribution in [0, 0.1) is 0 Å². The maximum atomic E-state index is 12.6. The number of rotatable bonds is 6. The second-order valence-electron chi connectivity index (χ2n) is 6.69. The number of nitrogens with zero attached hydrogens (tertiary/aromatic N) is 3. The summed E-state index contributed by atoms with van der Waals surface area (Å²) in [5.41, 5.74) is 4.25. The van der Waals surface area contributed by atoms with Crippen LogP contribution in [-0.4, -0.2) is 33.5 Å². The molecule has 0 radical (unpaired) electrons. The van der Waals surface area contributed by atoms with E-state index in [2.05, 4.69) is 15.6 Å². The van der Waals surface area contributed by atoms with Crippen LogP contribution in [0.1, 0.15) is 33.2 Å². The summed E-state index contributed by atoms with van der Waals surface area (Å²) in [6.07, 6.45) is 0. The van der Waals surface area contributed by atoms with Crippen molar-refractivity contribution in [3.05, 3.63) is 89.5 Å². The number of carbonyl (C=O) groups excluding carboxylic acids is 2. The molecular formula is C23H20N4O3. The topological polar surface area (TPSA) is 86.1 Å². The van der Waals surface area contributed by atoms with Crippen molar-refractivity contribution in [3.8, 4) is 0 Å². The molecule has 1 heterocycles. The van der Waals surface area contributed by atoms with Gasteiger partial charge in [0.25, 0.3) is 5.91 Å². The van der Waals surface area contributed by atoms with Gasteiger partial charge in [-0.15, -0.1) is 5.10 Å². The second kappa shape index (κ2) is 8.57. The summed E-state index contributed by atoms with van der Waals surface area (Å²) >= 11 is 0. The van der Waals surface area contributed by atoms with Crippen molar-refractivity contribution in [1.29, 1.82) is 0 Å². The molecule has 1 N–H and O–H groups in total. The fraction of sp³-hybridized carbons (Fsp3) is 0.130. The molecular weight excluding hydrogens is 380 g/mol. The van der Waals surface area contributed by atoms with E-state index < -0.39 is 5.97 Å². The van der Waals surface area contributed by atoms with Gasteiger partial charge >= 0.3 is 5.97 Å². The van der Waals surface area contributed by atoms with Crippen LogP contribution in [0.25, 0.3) is 11.0 Å². The van der Waals surface area contributed by atoms with Gasteiger partial charge in [0.1, 0.15) is 5.52 Å². The minimum absolute atomic E-state index is 0.256. The summed E-state index contributed by atoms with van der Waals surface area (Å²) in [5, 5.41) is 11.2. The van der Waals surface area contributed by atoms with Gasteiger partial charge in [-0.3, -0.25) is 4.79 Å². The Labute approximate surface area is 173 Å². The van der Waals surface area contributed by atoms with Gasteiger partial charge in [0.2, 0.25) is 0 Å². The van der Waals surface area contributed by atoms with Crippen molar-refractivity contribution in [1.82, 2.24) is 15.0 Å². The van der Waals surface area contributed by atoms with Gasteiger partial charge in [0, 0.05) is 11.3 Å². The van der Waals surface area contributed by atoms with Gasteiger partial charge in [0.15, 0.2) is 0 Å². The predicted molar refractivity (Wildman–Crippen MR) is 113 cm³/mol. The number of carbonyl (C=O) groups is 2. The number of para-hydroxylation sites is 1. The maximum Gasteiger partial charge on any atom is 0.338 e. The third-order valence-corrected chi connectivity index (χ3v) is 4.60. The number of hydrogen-bond donors (Lipinski definition) is 1. The number of amides is 1. The quantitative estimate of drug-likeness (QED) is 0.496. The first-order valence-electron chi connectivity index (χ1n) is 9.60. The first kappa shape index (κ1) is 19.3. The normalized spacial score (nSPS) is 10.7. The molecule has 30 heavy (non-hydrogen) atoms. The molecule has 3 aromatic carbocycles. The van der Waals surface area contributed by atoms with Crippen molar-refractivity contribution in [2.75, 3.05) is 11.9 Å². The van der Waals surface area contributed by atoms with Crippen LogP contribution < -0.4 is 5.32 Å². The zero-order chi connectivity index (χ0) is 20.9. The Bertz CT molecular complexity index is 1200. The molecule has 0 unspecified atom stereocenters. The number of esters is 1. The smallest absolute Gasteiger partial charge is 0.338 e. The maximum absolute atomic E-state index is 12.6. The summed E-state index contributed by atoms with van der Waals surface area (Å²) in [5.74, 6) is -0.674. The fourth-order valence-corrected chi connectivity index (χ4v) is 3.11. The van der Waals surface area contributed by atoms with Crippen molar-refractivity contribution >= 4 is 28.6 Å². The number of anilines is 1. The molecule has 0 fully saturated rings. The minimum atomic E-state index is -0.418. The molecule has 0 aliphatic carbocycles. The zero-order valence-electron chi connectivity index (χ0n) is 16.4. The highest BCUT2D eigenvalue weighted by Gasteiger charge is 2.11. The third-order valence-electron chi connectivity index (χ3n) is 4.60. The molecule has 7 heteroatoms. The van der Waals surface area contributed by atoms with E-state index in [4.69, 9.17) is 4.74 Å². The van der Waals surface area contributed by atoms with E-state index in [9.17, 15) is 9.59 Å². The fourth-order valence-electron chi connectivity index (χ4n) is 3.11. The highest BCUT2D eigenvalue weighted by atomic mass is 16.5. The lowest BCUT2D eigenvalue weighted by atomic mass is 10.1. The summed E-state index contributed by atoms with van der Waals surface area (Å²) in [6, 6.07) is 21.8. The number of aromatic nitrogens is 3. The zero-order valence-corrected chi connectivity index (χ0v) is 16.4. The van der Waals surface area contributed by atoms with Crippen molar-refractivity contribution < 1.29 is 14.3 Å². The molecule has 4 rings (SSSR count). The van der Waals surface area contributed by atoms with E-state index in [1.54, 1.807) is 43.3 Å². The Morgan fingerprint density at radius 3 is 2.57 bits per heavy atom. The number of nitrogens with one attached hydrogen (secondary N) is 1. The van der Waals surface area contributed by atoms with Crippen LogP contribution in [0.4, 0.5) is 5.69 Å². The molecule has 0 aliphatic rings. The van der Waals surface area contributed by atoms with Crippen LogP contribution in [0.3, 0.4) is 0 Å². The molecule has 150 valence electrons. The van der Waals surface area contributed by atoms with Gasteiger partial charge in [-0.05, 0) is 55.0 Å². The van der Waals surface area contributed by atoms with Gasteiger partial charge in [-0.1, -0.05) is 35.5 Å². The molecule has 0 aliphatic heterocycles. The van der Waals surface area contributed by atoms with Crippen LogP contribution in [0.5, 0.6) is 0 Å². The molecule has 0 bridgehead atoms. The average molecular weight is 400 g/mol. The van der Waals surface area contributed by atoms with Gasteiger partial charge in [-0.25, -0.2) is 9.48 Å². The van der Waals surface area contributed by atoms with E-state index in [1.807, 2.05) is 41.1 Å². The molecule has 1 amide bonds. The highest BCUT2D eigenvalue weighted by molar-refractivity contribution is 6.04. The van der Waals surface area contributed by atoms with Gasteiger partial charge in [-0.2, -0.15) is 0 Å². The van der Waals surface area contributed by atoms with Crippen LogP contribution in [0.15, 0.2) is 72.8 Å². The molecule has 7 nitrogen and oxygen atoms in total. The molecule has 0 saturated heterocycles. The Morgan fingerprint density at radius 1 is 0.967 bits per heavy atom. The highest BCUT2D eigenvalue weighted by Crippen LogP contribution is 2.15. The van der Waals surface area contributed by atoms with Crippen molar-refractivity contribution in [2.45, 2.75) is 13.5 Å². The summed E-state index contributed by atoms with van der Waals surface area (Å²) in [7, 11) is 0. The van der Waals surface area contributed by atoms with E-state index in [0.717, 1.165) is 16.6 Å². The molecule has 0 atom stereocenters. The summed E-state index contributed by atoms with van der Waals surface area (Å²) in [6.45, 7) is 2.61. The Balaban J connectivity index is 1.44. The Kier molecular flexibility index (Phi) is 5.52. The van der Waals surface area contributed by atoms with Gasteiger partial charge in [0.05, 0.1) is 24.2 Å². The standard InChI is InChI=1S/C23H20N4O3/c1-2-30-23(29)18-6-5-7-19(14-18)24-22(28)17-12-10-16(11-13-17)15-27-21-9-4-3-8-20(21)25-26-27/h3-14H,2,15H2,1H3,(H,24,28). The molecule has 4 aromatic rings. The second-order valence-corrected chi connectivity index (χ2v) is 6.69. The largest absolute Gasteiger partial charge is 0.462 e. The SMILES string of the molecule is CCOC(=O)c1cccc(NC(=O)c2ccc(Cn3nnc4ccccc43)cc2)c1. The van der Waals surface area contributed by atoms with E-state index >= 15 is 0 Å². The molecule has 0 saturated carbocycles. The Hall–Kier alpha value is -4.00. The van der Waals surface area contributed by atoms with Crippen molar-refractivity contribution in [3.63, 3.8) is 0 Å². The lowest BCUT2D eigenvalue weighted by Crippen LogP contribution is -2.13. The van der Waals surface area contributed by atoms with Crippen molar-refractivity contribution in [2.24, 2.45) is 0 Å². The first-order chi connectivity index (χ1) is 14.6. The predicted octanol–water partition coefficient (Wildman–Crippen LogP) is 3.91. The van der Waals surface area contributed by atoms with Crippen LogP contribution in [0.2, 0.25) is 0 Å². The minimum Gasteiger partial charge on any atom is -0.462 e. The number of ether oxygens (including phenoxy) is 1. The van der Waals surface area contributed by atoms with E-state index in [-0.39, 0.29) is 5.91 Å². The lowest BCUT2D eigenvalue weighted by Gasteiger charge is -2.08. The van der Waals surface area contributed by atoms with E-state index in [1.165, 1.54) is 0 Å². The monoisotopic (exact) mass is 400 g/mol. The first-order valence-corrected chi connectivity index (χ1v) is 9.60. The number of benzene rings is 3. The lowest BCUT2D eigenvalue weighted by molar-refractivity contribution is 0.0526. The summed E-state index contributed by atoms with van der Waals surface area (Å²) < 4.78 is 6.82.